The molecule has 5 heteroatoms. The molecule has 0 unspecified atom stereocenters. The van der Waals surface area contributed by atoms with Crippen molar-refractivity contribution in [3.8, 4) is 11.5 Å². The summed E-state index contributed by atoms with van der Waals surface area (Å²) in [5.41, 5.74) is 1.74. The smallest absolute Gasteiger partial charge is 0.251 e. The lowest BCUT2D eigenvalue weighted by atomic mass is 10.1. The number of nitrogens with one attached hydrogen (secondary N) is 1. The Bertz CT molecular complexity index is 656. The molecule has 1 amide bonds. The van der Waals surface area contributed by atoms with Crippen molar-refractivity contribution < 1.29 is 14.3 Å². The predicted octanol–water partition coefficient (Wildman–Crippen LogP) is 3.72. The van der Waals surface area contributed by atoms with Gasteiger partial charge >= 0.3 is 0 Å². The van der Waals surface area contributed by atoms with E-state index >= 15 is 0 Å². The SMILES string of the molecule is COc1ccc(CCCNC(=O)c2ccc(OC)c(Cl)c2)cc1. The van der Waals surface area contributed by atoms with Gasteiger partial charge in [-0.15, -0.1) is 0 Å². The third-order valence-electron chi connectivity index (χ3n) is 3.50. The molecule has 0 aromatic heterocycles. The van der Waals surface area contributed by atoms with Crippen LogP contribution < -0.4 is 14.8 Å². The normalized spacial score (nSPS) is 10.2. The topological polar surface area (TPSA) is 47.6 Å². The van der Waals surface area contributed by atoms with E-state index in [0.717, 1.165) is 18.6 Å². The number of aryl methyl sites for hydroxylation is 1. The molecular weight excluding hydrogens is 314 g/mol. The summed E-state index contributed by atoms with van der Waals surface area (Å²) in [4.78, 5) is 12.1. The Labute approximate surface area is 141 Å². The van der Waals surface area contributed by atoms with Crippen molar-refractivity contribution >= 4 is 17.5 Å². The Morgan fingerprint density at radius 3 is 2.43 bits per heavy atom. The van der Waals surface area contributed by atoms with Crippen LogP contribution in [0.4, 0.5) is 0 Å². The first-order valence-electron chi connectivity index (χ1n) is 7.38. The zero-order valence-electron chi connectivity index (χ0n) is 13.3. The van der Waals surface area contributed by atoms with Crippen LogP contribution in [0, 0.1) is 0 Å². The minimum absolute atomic E-state index is 0.135. The molecule has 122 valence electrons. The van der Waals surface area contributed by atoms with E-state index in [1.165, 1.54) is 5.56 Å². The molecule has 0 heterocycles. The van der Waals surface area contributed by atoms with E-state index in [4.69, 9.17) is 21.1 Å². The van der Waals surface area contributed by atoms with Crippen molar-refractivity contribution in [3.63, 3.8) is 0 Å². The number of ether oxygens (including phenoxy) is 2. The van der Waals surface area contributed by atoms with Gasteiger partial charge in [-0.25, -0.2) is 0 Å². The molecule has 0 spiro atoms. The van der Waals surface area contributed by atoms with Crippen LogP contribution in [0.2, 0.25) is 5.02 Å². The van der Waals surface area contributed by atoms with Crippen molar-refractivity contribution in [3.05, 3.63) is 58.6 Å². The van der Waals surface area contributed by atoms with Gasteiger partial charge in [-0.2, -0.15) is 0 Å². The van der Waals surface area contributed by atoms with E-state index in [1.54, 1.807) is 32.4 Å². The zero-order valence-corrected chi connectivity index (χ0v) is 14.0. The number of benzene rings is 2. The van der Waals surface area contributed by atoms with Gasteiger partial charge in [-0.1, -0.05) is 23.7 Å². The van der Waals surface area contributed by atoms with E-state index in [9.17, 15) is 4.79 Å². The predicted molar refractivity (Wildman–Crippen MR) is 91.7 cm³/mol. The Morgan fingerprint density at radius 1 is 1.09 bits per heavy atom. The molecule has 4 nitrogen and oxygen atoms in total. The third-order valence-corrected chi connectivity index (χ3v) is 3.80. The number of carbonyl (C=O) groups is 1. The maximum Gasteiger partial charge on any atom is 0.251 e. The fraction of sp³-hybridized carbons (Fsp3) is 0.278. The highest BCUT2D eigenvalue weighted by Gasteiger charge is 2.08. The van der Waals surface area contributed by atoms with Gasteiger partial charge in [0.2, 0.25) is 0 Å². The van der Waals surface area contributed by atoms with Gasteiger partial charge in [-0.3, -0.25) is 4.79 Å². The molecule has 0 fully saturated rings. The highest BCUT2D eigenvalue weighted by molar-refractivity contribution is 6.32. The van der Waals surface area contributed by atoms with Crippen molar-refractivity contribution in [1.82, 2.24) is 5.32 Å². The first kappa shape index (κ1) is 17.2. The van der Waals surface area contributed by atoms with Crippen molar-refractivity contribution in [2.75, 3.05) is 20.8 Å². The fourth-order valence-electron chi connectivity index (χ4n) is 2.20. The van der Waals surface area contributed by atoms with Gasteiger partial charge < -0.3 is 14.8 Å². The summed E-state index contributed by atoms with van der Waals surface area (Å²) in [6.45, 7) is 0.606. The molecule has 0 bridgehead atoms. The second-order valence-electron chi connectivity index (χ2n) is 5.06. The number of methoxy groups -OCH3 is 2. The quantitative estimate of drug-likeness (QED) is 0.785. The molecule has 0 aliphatic carbocycles. The van der Waals surface area contributed by atoms with Crippen molar-refractivity contribution in [2.45, 2.75) is 12.8 Å². The summed E-state index contributed by atoms with van der Waals surface area (Å²) in [5, 5.41) is 3.32. The summed E-state index contributed by atoms with van der Waals surface area (Å²) in [5.74, 6) is 1.27. The van der Waals surface area contributed by atoms with Crippen LogP contribution in [0.3, 0.4) is 0 Å². The summed E-state index contributed by atoms with van der Waals surface area (Å²) < 4.78 is 10.2. The van der Waals surface area contributed by atoms with E-state index in [1.807, 2.05) is 24.3 Å². The lowest BCUT2D eigenvalue weighted by Crippen LogP contribution is -2.24. The Balaban J connectivity index is 1.79. The maximum atomic E-state index is 12.1. The van der Waals surface area contributed by atoms with Crippen LogP contribution >= 0.6 is 11.6 Å². The van der Waals surface area contributed by atoms with E-state index in [-0.39, 0.29) is 5.91 Å². The standard InChI is InChI=1S/C18H20ClNO3/c1-22-15-8-5-13(6-9-15)4-3-11-20-18(21)14-7-10-17(23-2)16(19)12-14/h5-10,12H,3-4,11H2,1-2H3,(H,20,21). The van der Waals surface area contributed by atoms with Crippen molar-refractivity contribution in [2.24, 2.45) is 0 Å². The Hall–Kier alpha value is -2.20. The Morgan fingerprint density at radius 2 is 1.83 bits per heavy atom. The number of rotatable bonds is 7. The second-order valence-corrected chi connectivity index (χ2v) is 5.46. The summed E-state index contributed by atoms with van der Waals surface area (Å²) in [6, 6.07) is 12.9. The number of halogens is 1. The minimum atomic E-state index is -0.135. The van der Waals surface area contributed by atoms with Crippen molar-refractivity contribution in [1.29, 1.82) is 0 Å². The van der Waals surface area contributed by atoms with Gasteiger partial charge in [0.15, 0.2) is 0 Å². The number of carbonyl (C=O) groups excluding carboxylic acids is 1. The molecule has 0 aliphatic rings. The second kappa shape index (κ2) is 8.44. The highest BCUT2D eigenvalue weighted by atomic mass is 35.5. The summed E-state index contributed by atoms with van der Waals surface area (Å²) >= 11 is 6.02. The molecule has 0 saturated heterocycles. The minimum Gasteiger partial charge on any atom is -0.497 e. The molecule has 0 aliphatic heterocycles. The average molecular weight is 334 g/mol. The van der Waals surface area contributed by atoms with E-state index in [2.05, 4.69) is 5.32 Å². The van der Waals surface area contributed by atoms with Crippen LogP contribution in [0.5, 0.6) is 11.5 Å². The largest absolute Gasteiger partial charge is 0.497 e. The molecule has 0 radical (unpaired) electrons. The van der Waals surface area contributed by atoms with Crippen LogP contribution in [0.15, 0.2) is 42.5 Å². The van der Waals surface area contributed by atoms with Gasteiger partial charge in [0.05, 0.1) is 19.2 Å². The lowest BCUT2D eigenvalue weighted by molar-refractivity contribution is 0.0953. The fourth-order valence-corrected chi connectivity index (χ4v) is 2.45. The first-order chi connectivity index (χ1) is 11.1. The zero-order chi connectivity index (χ0) is 16.7. The van der Waals surface area contributed by atoms with Crippen LogP contribution in [-0.4, -0.2) is 26.7 Å². The molecule has 0 saturated carbocycles. The van der Waals surface area contributed by atoms with Gasteiger partial charge in [0.1, 0.15) is 11.5 Å². The highest BCUT2D eigenvalue weighted by Crippen LogP contribution is 2.24. The molecule has 1 N–H and O–H groups in total. The molecule has 23 heavy (non-hydrogen) atoms. The van der Waals surface area contributed by atoms with Gasteiger partial charge in [-0.05, 0) is 48.7 Å². The maximum absolute atomic E-state index is 12.1. The molecular formula is C18H20ClNO3. The average Bonchev–Trinajstić information content (AvgIpc) is 2.59. The summed E-state index contributed by atoms with van der Waals surface area (Å²) in [6.07, 6.45) is 1.76. The monoisotopic (exact) mass is 333 g/mol. The van der Waals surface area contributed by atoms with Crippen LogP contribution in [0.25, 0.3) is 0 Å². The summed E-state index contributed by atoms with van der Waals surface area (Å²) in [7, 11) is 3.19. The molecule has 2 rings (SSSR count). The van der Waals surface area contributed by atoms with E-state index in [0.29, 0.717) is 22.9 Å². The lowest BCUT2D eigenvalue weighted by Gasteiger charge is -2.08. The third kappa shape index (κ3) is 4.89. The van der Waals surface area contributed by atoms with Crippen LogP contribution in [-0.2, 0) is 6.42 Å². The van der Waals surface area contributed by atoms with Gasteiger partial charge in [0, 0.05) is 12.1 Å². The number of hydrogen-bond donors (Lipinski definition) is 1. The number of hydrogen-bond acceptors (Lipinski definition) is 3. The molecule has 2 aromatic rings. The Kier molecular flexibility index (Phi) is 6.29. The van der Waals surface area contributed by atoms with E-state index < -0.39 is 0 Å². The van der Waals surface area contributed by atoms with Gasteiger partial charge in [0.25, 0.3) is 5.91 Å². The number of amides is 1. The first-order valence-corrected chi connectivity index (χ1v) is 7.76. The molecule has 0 atom stereocenters. The molecule has 2 aromatic carbocycles. The van der Waals surface area contributed by atoms with Crippen LogP contribution in [0.1, 0.15) is 22.3 Å².